The third-order valence-electron chi connectivity index (χ3n) is 8.14. The lowest BCUT2D eigenvalue weighted by Crippen LogP contribution is -2.47. The zero-order valence-corrected chi connectivity index (χ0v) is 30.4. The van der Waals surface area contributed by atoms with E-state index in [1.54, 1.807) is 65.0 Å². The van der Waals surface area contributed by atoms with Crippen LogP contribution in [0.1, 0.15) is 78.0 Å². The highest BCUT2D eigenvalue weighted by atomic mass is 16.6. The van der Waals surface area contributed by atoms with E-state index in [0.717, 1.165) is 6.42 Å². The number of methoxy groups -OCH3 is 1. The summed E-state index contributed by atoms with van der Waals surface area (Å²) < 4.78 is 22.7. The summed E-state index contributed by atoms with van der Waals surface area (Å²) in [7, 11) is 2.76. The molecular weight excluding hydrogens is 644 g/mol. The molecule has 2 aromatic rings. The van der Waals surface area contributed by atoms with Crippen LogP contribution in [0.25, 0.3) is 11.1 Å². The molecule has 13 heteroatoms. The van der Waals surface area contributed by atoms with E-state index in [-0.39, 0.29) is 31.8 Å². The number of likely N-dealkylation sites (N-methyl/N-ethyl adjacent to an activating group) is 1. The molecule has 4 bridgehead atoms. The predicted molar refractivity (Wildman–Crippen MR) is 188 cm³/mol. The largest absolute Gasteiger partial charge is 0.493 e. The third kappa shape index (κ3) is 10.7. The summed E-state index contributed by atoms with van der Waals surface area (Å²) in [6.45, 7) is 11.3. The lowest BCUT2D eigenvalue weighted by Gasteiger charge is -2.31. The first kappa shape index (κ1) is 39.8. The monoisotopic (exact) mass is 696 g/mol. The fraction of sp³-hybridized carbons (Fsp3) is 0.541. The second-order valence-corrected chi connectivity index (χ2v) is 13.4. The van der Waals surface area contributed by atoms with Crippen LogP contribution in [0, 0.1) is 5.92 Å². The smallest absolute Gasteiger partial charge is 0.407 e. The molecule has 4 N–H and O–H groups in total. The van der Waals surface area contributed by atoms with E-state index in [4.69, 9.17) is 24.7 Å². The Morgan fingerprint density at radius 2 is 1.64 bits per heavy atom. The summed E-state index contributed by atoms with van der Waals surface area (Å²) in [5.74, 6) is -1.85. The van der Waals surface area contributed by atoms with Gasteiger partial charge in [-0.1, -0.05) is 32.9 Å². The second kappa shape index (κ2) is 17.8. The van der Waals surface area contributed by atoms with Gasteiger partial charge in [0.05, 0.1) is 26.3 Å². The summed E-state index contributed by atoms with van der Waals surface area (Å²) in [6.07, 6.45) is 0.391. The van der Waals surface area contributed by atoms with Gasteiger partial charge in [-0.15, -0.1) is 0 Å². The van der Waals surface area contributed by atoms with Gasteiger partial charge in [-0.05, 0) is 69.0 Å². The van der Waals surface area contributed by atoms with Gasteiger partial charge in [-0.2, -0.15) is 0 Å². The average Bonchev–Trinajstić information content (AvgIpc) is 3.07. The summed E-state index contributed by atoms with van der Waals surface area (Å²) in [5.41, 5.74) is 7.79. The number of alkyl carbamates (subject to hydrolysis) is 1. The van der Waals surface area contributed by atoms with Crippen molar-refractivity contribution in [3.8, 4) is 22.6 Å². The number of fused-ring (bicyclic) bond motifs is 5. The molecule has 0 spiro atoms. The molecule has 0 saturated heterocycles. The van der Waals surface area contributed by atoms with E-state index in [0.29, 0.717) is 46.8 Å². The molecule has 2 aromatic carbocycles. The molecule has 3 amide bonds. The number of ether oxygens (including phenoxy) is 4. The van der Waals surface area contributed by atoms with Crippen molar-refractivity contribution in [1.82, 2.24) is 15.5 Å². The van der Waals surface area contributed by atoms with Crippen molar-refractivity contribution in [3.63, 3.8) is 0 Å². The van der Waals surface area contributed by atoms with E-state index in [1.165, 1.54) is 19.1 Å². The normalized spacial score (nSPS) is 18.5. The van der Waals surface area contributed by atoms with Crippen LogP contribution in [0.2, 0.25) is 0 Å². The van der Waals surface area contributed by atoms with Crippen molar-refractivity contribution >= 4 is 29.7 Å². The number of carbonyl (C=O) groups excluding carboxylic acids is 5. The number of hydrogen-bond acceptors (Lipinski definition) is 10. The van der Waals surface area contributed by atoms with Gasteiger partial charge in [0.25, 0.3) is 0 Å². The Labute approximate surface area is 294 Å². The first-order valence-electron chi connectivity index (χ1n) is 17.0. The fourth-order valence-electron chi connectivity index (χ4n) is 5.51. The SMILES string of the molecule is CCCOc1ccc2cc1-c1cc(ccc1OCCNC(=O)OC(C)(C)C)C[C@@H](C(=O)OC)NC(=O)[C@H](C)CC(=O)[C@H]2N(C)C(=O)[C@@H](N)CC. The van der Waals surface area contributed by atoms with Crippen molar-refractivity contribution in [3.05, 3.63) is 47.5 Å². The van der Waals surface area contributed by atoms with Crippen molar-refractivity contribution in [1.29, 1.82) is 0 Å². The van der Waals surface area contributed by atoms with Gasteiger partial charge >= 0.3 is 12.1 Å². The van der Waals surface area contributed by atoms with Gasteiger partial charge in [-0.3, -0.25) is 14.4 Å². The van der Waals surface area contributed by atoms with Crippen molar-refractivity contribution in [2.75, 3.05) is 33.9 Å². The van der Waals surface area contributed by atoms with Crippen LogP contribution >= 0.6 is 0 Å². The quantitative estimate of drug-likeness (QED) is 0.229. The topological polar surface area (TPSA) is 176 Å². The van der Waals surface area contributed by atoms with E-state index >= 15 is 0 Å². The Balaban J connectivity index is 2.22. The van der Waals surface area contributed by atoms with Gasteiger partial charge in [0.1, 0.15) is 35.8 Å². The second-order valence-electron chi connectivity index (χ2n) is 13.4. The Kier molecular flexibility index (Phi) is 14.2. The van der Waals surface area contributed by atoms with Crippen molar-refractivity contribution in [2.45, 2.75) is 91.0 Å². The van der Waals surface area contributed by atoms with Gasteiger partial charge in [0, 0.05) is 36.9 Å². The fourth-order valence-corrected chi connectivity index (χ4v) is 5.51. The number of esters is 1. The zero-order valence-electron chi connectivity index (χ0n) is 30.4. The molecule has 274 valence electrons. The molecule has 1 aliphatic heterocycles. The number of nitrogens with zero attached hydrogens (tertiary/aromatic N) is 1. The molecule has 0 saturated carbocycles. The molecular formula is C37H52N4O9. The average molecular weight is 697 g/mol. The van der Waals surface area contributed by atoms with E-state index < -0.39 is 53.5 Å². The van der Waals surface area contributed by atoms with Crippen LogP contribution < -0.4 is 25.8 Å². The molecule has 1 heterocycles. The van der Waals surface area contributed by atoms with E-state index in [1.807, 2.05) is 13.0 Å². The number of nitrogens with one attached hydrogen (secondary N) is 2. The Morgan fingerprint density at radius 1 is 1.00 bits per heavy atom. The summed E-state index contributed by atoms with van der Waals surface area (Å²) in [5, 5.41) is 5.43. The summed E-state index contributed by atoms with van der Waals surface area (Å²) in [6, 6.07) is 7.64. The Hall–Kier alpha value is -4.65. The van der Waals surface area contributed by atoms with Crippen LogP contribution in [-0.2, 0) is 35.1 Å². The molecule has 3 rings (SSSR count). The van der Waals surface area contributed by atoms with Gasteiger partial charge in [0.2, 0.25) is 11.8 Å². The number of benzene rings is 2. The minimum atomic E-state index is -1.08. The lowest BCUT2D eigenvalue weighted by atomic mass is 9.89. The van der Waals surface area contributed by atoms with Gasteiger partial charge in [-0.25, -0.2) is 9.59 Å². The number of rotatable bonds is 11. The molecule has 1 aliphatic rings. The first-order valence-corrected chi connectivity index (χ1v) is 17.0. The minimum Gasteiger partial charge on any atom is -0.493 e. The van der Waals surface area contributed by atoms with E-state index in [9.17, 15) is 24.0 Å². The number of amides is 3. The van der Waals surface area contributed by atoms with Crippen LogP contribution in [0.3, 0.4) is 0 Å². The molecule has 0 aliphatic carbocycles. The van der Waals surface area contributed by atoms with Crippen LogP contribution in [0.4, 0.5) is 4.79 Å². The molecule has 0 radical (unpaired) electrons. The standard InChI is InChI=1S/C37H52N4O9/c1-9-16-48-31-14-12-24-21-26(31)25-19-23(11-13-30(25)49-17-15-39-36(46)50-37(4,5)6)20-28(35(45)47-8)40-33(43)22(3)18-29(42)32(24)41(7)34(44)27(38)10-2/h11-14,19,21-22,27-28,32H,9-10,15-18,20,38H2,1-8H3,(H,39,46)(H,40,43)/t22-,27+,28+,32+/m1/s1. The van der Waals surface area contributed by atoms with Crippen LogP contribution in [0.5, 0.6) is 11.5 Å². The van der Waals surface area contributed by atoms with Gasteiger partial charge < -0.3 is 40.2 Å². The number of Topliss-reactive ketones (excluding diaryl/α,β-unsaturated/α-hetero) is 1. The van der Waals surface area contributed by atoms with Crippen LogP contribution in [-0.4, -0.2) is 86.2 Å². The molecule has 0 fully saturated rings. The Morgan fingerprint density at radius 3 is 2.26 bits per heavy atom. The van der Waals surface area contributed by atoms with E-state index in [2.05, 4.69) is 10.6 Å². The molecule has 13 nitrogen and oxygen atoms in total. The van der Waals surface area contributed by atoms with Crippen molar-refractivity contribution < 1.29 is 42.9 Å². The predicted octanol–water partition coefficient (Wildman–Crippen LogP) is 4.09. The number of hydrogen-bond donors (Lipinski definition) is 3. The third-order valence-corrected chi connectivity index (χ3v) is 8.14. The number of carbonyl (C=O) groups is 5. The molecule has 4 atom stereocenters. The molecule has 0 unspecified atom stereocenters. The molecule has 0 aromatic heterocycles. The minimum absolute atomic E-state index is 0.0857. The number of nitrogens with two attached hydrogens (primary N) is 1. The zero-order chi connectivity index (χ0) is 37.2. The van der Waals surface area contributed by atoms with Crippen molar-refractivity contribution in [2.24, 2.45) is 11.7 Å². The Bertz CT molecular complexity index is 1540. The number of ketones is 1. The summed E-state index contributed by atoms with van der Waals surface area (Å²) in [4.78, 5) is 67.2. The maximum atomic E-state index is 14.1. The summed E-state index contributed by atoms with van der Waals surface area (Å²) >= 11 is 0. The maximum Gasteiger partial charge on any atom is 0.407 e. The lowest BCUT2D eigenvalue weighted by molar-refractivity contribution is -0.145. The first-order chi connectivity index (χ1) is 23.6. The highest BCUT2D eigenvalue weighted by molar-refractivity contribution is 5.95. The van der Waals surface area contributed by atoms with Crippen LogP contribution in [0.15, 0.2) is 36.4 Å². The highest BCUT2D eigenvalue weighted by Gasteiger charge is 2.34. The highest BCUT2D eigenvalue weighted by Crippen LogP contribution is 2.40. The van der Waals surface area contributed by atoms with Gasteiger partial charge in [0.15, 0.2) is 5.78 Å². The maximum absolute atomic E-state index is 14.1. The molecule has 50 heavy (non-hydrogen) atoms.